The van der Waals surface area contributed by atoms with Gasteiger partial charge in [0.25, 0.3) is 0 Å². The minimum absolute atomic E-state index is 1.52. The van der Waals surface area contributed by atoms with E-state index in [0.29, 0.717) is 0 Å². The Bertz CT molecular complexity index is 492. The SMILES string of the molecule is O=S(F)(F)=NB(N=S(=O)(F)F)N=S(=O)(F)F. The van der Waals surface area contributed by atoms with Gasteiger partial charge in [-0.05, 0) is 0 Å². The van der Waals surface area contributed by atoms with Crippen LogP contribution in [0.3, 0.4) is 0 Å². The number of hydrogen-bond donors (Lipinski definition) is 0. The van der Waals surface area contributed by atoms with Crippen molar-refractivity contribution in [2.75, 3.05) is 0 Å². The quantitative estimate of drug-likeness (QED) is 0.451. The minimum Gasteiger partial charge on any atom is -0.185 e. The van der Waals surface area contributed by atoms with Crippen molar-refractivity contribution < 1.29 is 35.9 Å². The summed E-state index contributed by atoms with van der Waals surface area (Å²) in [6, 6.07) is 0. The maximum absolute atomic E-state index is 11.7. The molecule has 0 saturated carbocycles. The molecule has 0 heterocycles. The van der Waals surface area contributed by atoms with Gasteiger partial charge in [0.1, 0.15) is 0 Å². The molecule has 0 aliphatic heterocycles. The predicted molar refractivity (Wildman–Crippen MR) is 44.1 cm³/mol. The number of halogens is 6. The van der Waals surface area contributed by atoms with Crippen LogP contribution in [0.4, 0.5) is 23.3 Å². The molecule has 0 aromatic rings. The summed E-state index contributed by atoms with van der Waals surface area (Å²) in [6.07, 6.45) is 0. The smallest absolute Gasteiger partial charge is 0.185 e. The summed E-state index contributed by atoms with van der Waals surface area (Å²) in [7, 11) is -21.6. The fraction of sp³-hybridized carbons (Fsp3) is 0. The number of hydrogen-bond acceptors (Lipinski definition) is 6. The third kappa shape index (κ3) is 10.0. The third-order valence-corrected chi connectivity index (χ3v) is 1.95. The Morgan fingerprint density at radius 2 is 0.812 bits per heavy atom. The van der Waals surface area contributed by atoms with Crippen LogP contribution >= 0.6 is 0 Å². The fourth-order valence-corrected chi connectivity index (χ4v) is 1.51. The van der Waals surface area contributed by atoms with E-state index in [1.165, 1.54) is 12.8 Å². The molecule has 0 radical (unpaired) electrons. The summed E-state index contributed by atoms with van der Waals surface area (Å²) in [5, 5.41) is 0. The summed E-state index contributed by atoms with van der Waals surface area (Å²) in [6.45, 7) is 0. The molecule has 6 nitrogen and oxygen atoms in total. The van der Waals surface area contributed by atoms with Crippen LogP contribution in [0.2, 0.25) is 0 Å². The van der Waals surface area contributed by atoms with Crippen LogP contribution in [0, 0.1) is 0 Å². The number of rotatable bonds is 3. The van der Waals surface area contributed by atoms with Crippen LogP contribution < -0.4 is 0 Å². The van der Waals surface area contributed by atoms with Crippen molar-refractivity contribution >= 4 is 38.6 Å². The van der Waals surface area contributed by atoms with Crippen LogP contribution in [0.25, 0.3) is 0 Å². The fourth-order valence-electron chi connectivity index (χ4n) is 0.387. The molecular formula is BF6N3O3S3. The van der Waals surface area contributed by atoms with E-state index in [2.05, 4.69) is 0 Å². The second kappa shape index (κ2) is 4.78. The first kappa shape index (κ1) is 15.5. The molecule has 0 aromatic carbocycles. The van der Waals surface area contributed by atoms with E-state index >= 15 is 0 Å². The van der Waals surface area contributed by atoms with Gasteiger partial charge in [-0.1, -0.05) is 23.3 Å². The topological polar surface area (TPSA) is 88.3 Å². The van der Waals surface area contributed by atoms with Crippen molar-refractivity contribution in [3.05, 3.63) is 0 Å². The van der Waals surface area contributed by atoms with E-state index in [1.807, 2.05) is 0 Å². The predicted octanol–water partition coefficient (Wildman–Crippen LogP) is 1.68. The summed E-state index contributed by atoms with van der Waals surface area (Å²) < 4.78 is 104. The highest BCUT2D eigenvalue weighted by molar-refractivity contribution is 7.86. The highest BCUT2D eigenvalue weighted by atomic mass is 32.3. The van der Waals surface area contributed by atoms with Crippen LogP contribution in [0.1, 0.15) is 0 Å². The Kier molecular flexibility index (Phi) is 4.63. The van der Waals surface area contributed by atoms with Gasteiger partial charge >= 0.3 is 38.6 Å². The van der Waals surface area contributed by atoms with E-state index in [-0.39, 0.29) is 0 Å². The zero-order chi connectivity index (χ0) is 13.2. The lowest BCUT2D eigenvalue weighted by atomic mass is 10.0. The first-order valence-electron chi connectivity index (χ1n) is 2.75. The van der Waals surface area contributed by atoms with E-state index in [4.69, 9.17) is 0 Å². The van der Waals surface area contributed by atoms with Gasteiger partial charge in [0.05, 0.1) is 0 Å². The Hall–Kier alpha value is -0.505. The van der Waals surface area contributed by atoms with Crippen LogP contribution in [-0.4, -0.2) is 19.7 Å². The zero-order valence-electron chi connectivity index (χ0n) is 6.64. The molecule has 0 spiro atoms. The number of nitrogens with zero attached hydrogens (tertiary/aromatic N) is 3. The molecule has 16 heteroatoms. The Labute approximate surface area is 87.9 Å². The molecule has 0 amide bonds. The van der Waals surface area contributed by atoms with Crippen LogP contribution in [0.5, 0.6) is 0 Å². The van der Waals surface area contributed by atoms with Gasteiger partial charge in [-0.2, -0.15) is 25.4 Å². The molecule has 96 valence electrons. The van der Waals surface area contributed by atoms with Gasteiger partial charge in [0.15, 0.2) is 0 Å². The molecule has 0 rings (SSSR count). The van der Waals surface area contributed by atoms with Gasteiger partial charge < -0.3 is 0 Å². The average molecular weight is 311 g/mol. The summed E-state index contributed by atoms with van der Waals surface area (Å²) in [5.41, 5.74) is 0. The highest BCUT2D eigenvalue weighted by Crippen LogP contribution is 2.11. The first-order chi connectivity index (χ1) is 6.79. The van der Waals surface area contributed by atoms with Gasteiger partial charge in [-0.15, -0.1) is 0 Å². The molecule has 16 heavy (non-hydrogen) atoms. The maximum Gasteiger partial charge on any atom is 0.597 e. The van der Waals surface area contributed by atoms with Crippen molar-refractivity contribution in [2.45, 2.75) is 0 Å². The van der Waals surface area contributed by atoms with E-state index in [0.717, 1.165) is 0 Å². The lowest BCUT2D eigenvalue weighted by Crippen LogP contribution is -2.08. The van der Waals surface area contributed by atoms with Gasteiger partial charge in [0.2, 0.25) is 0 Å². The minimum atomic E-state index is -6.10. The van der Waals surface area contributed by atoms with Crippen molar-refractivity contribution in [1.29, 1.82) is 0 Å². The average Bonchev–Trinajstić information content (AvgIpc) is 1.70. The molecule has 0 atom stereocenters. The molecule has 0 aromatic heterocycles. The van der Waals surface area contributed by atoms with Crippen molar-refractivity contribution in [3.8, 4) is 0 Å². The standard InChI is InChI=1S/BF6N3O3S3/c2-14(3,11)8-1(9-15(4,5)12)10-16(6,7)13. The van der Waals surface area contributed by atoms with Crippen molar-refractivity contribution in [2.24, 2.45) is 12.8 Å². The first-order valence-corrected chi connectivity index (χ1v) is 6.70. The Morgan fingerprint density at radius 1 is 0.625 bits per heavy atom. The monoisotopic (exact) mass is 311 g/mol. The summed E-state index contributed by atoms with van der Waals surface area (Å²) >= 11 is 0. The van der Waals surface area contributed by atoms with Crippen LogP contribution in [-0.2, 0) is 31.5 Å². The molecule has 0 aliphatic carbocycles. The van der Waals surface area contributed by atoms with E-state index < -0.39 is 38.6 Å². The van der Waals surface area contributed by atoms with E-state index in [9.17, 15) is 35.9 Å². The summed E-state index contributed by atoms with van der Waals surface area (Å²) in [4.78, 5) is 0. The third-order valence-electron chi connectivity index (χ3n) is 0.651. The molecule has 0 bridgehead atoms. The van der Waals surface area contributed by atoms with Gasteiger partial charge in [-0.3, -0.25) is 0 Å². The molecule has 0 N–H and O–H groups in total. The van der Waals surface area contributed by atoms with Crippen LogP contribution in [0.15, 0.2) is 12.8 Å². The molecule has 0 saturated heterocycles. The normalized spacial score (nSPS) is 13.1. The Balaban J connectivity index is 5.75. The molecule has 0 fully saturated rings. The summed E-state index contributed by atoms with van der Waals surface area (Å²) in [5.74, 6) is 0. The lowest BCUT2D eigenvalue weighted by molar-refractivity contribution is 0.589. The Morgan fingerprint density at radius 3 is 0.938 bits per heavy atom. The molecule has 0 aliphatic rings. The van der Waals surface area contributed by atoms with Crippen molar-refractivity contribution in [3.63, 3.8) is 0 Å². The second-order valence-corrected chi connectivity index (χ2v) is 4.87. The largest absolute Gasteiger partial charge is 0.597 e. The lowest BCUT2D eigenvalue weighted by Gasteiger charge is -1.92. The zero-order valence-corrected chi connectivity index (χ0v) is 9.09. The van der Waals surface area contributed by atoms with Crippen molar-refractivity contribution in [1.82, 2.24) is 0 Å². The maximum atomic E-state index is 11.7. The highest BCUT2D eigenvalue weighted by Gasteiger charge is 2.25. The second-order valence-electron chi connectivity index (χ2n) is 1.85. The van der Waals surface area contributed by atoms with E-state index in [1.54, 1.807) is 0 Å². The van der Waals surface area contributed by atoms with Gasteiger partial charge in [0, 0.05) is 0 Å². The molecular weight excluding hydrogens is 311 g/mol. The van der Waals surface area contributed by atoms with Gasteiger partial charge in [-0.25, -0.2) is 0 Å². The molecule has 0 unspecified atom stereocenters.